The number of aromatic nitrogens is 2. The van der Waals surface area contributed by atoms with Gasteiger partial charge in [-0.3, -0.25) is 9.48 Å². The summed E-state index contributed by atoms with van der Waals surface area (Å²) in [4.78, 5) is 13.0. The van der Waals surface area contributed by atoms with E-state index in [1.807, 2.05) is 44.2 Å². The van der Waals surface area contributed by atoms with E-state index in [2.05, 4.69) is 5.10 Å². The molecule has 5 heteroatoms. The third kappa shape index (κ3) is 2.69. The lowest BCUT2D eigenvalue weighted by molar-refractivity contribution is 0.0883. The van der Waals surface area contributed by atoms with Crippen LogP contribution in [0.5, 0.6) is 5.75 Å². The summed E-state index contributed by atoms with van der Waals surface area (Å²) >= 11 is 0. The normalized spacial score (nSPS) is 14.0. The zero-order valence-electron chi connectivity index (χ0n) is 12.8. The minimum atomic E-state index is -1.14. The van der Waals surface area contributed by atoms with Gasteiger partial charge in [0, 0.05) is 6.04 Å². The third-order valence-corrected chi connectivity index (χ3v) is 3.53. The average Bonchev–Trinajstić information content (AvgIpc) is 2.91. The lowest BCUT2D eigenvalue weighted by atomic mass is 9.87. The van der Waals surface area contributed by atoms with Crippen molar-refractivity contribution < 1.29 is 9.53 Å². The standard InChI is InChI=1S/C16H21N3O2/c1-11(2)19-14(13(21-4)10-18-19)15(20)16(3,17)12-8-6-5-7-9-12/h5-11H,17H2,1-4H3. The smallest absolute Gasteiger partial charge is 0.208 e. The number of benzene rings is 1. The maximum absolute atomic E-state index is 13.0. The topological polar surface area (TPSA) is 70.1 Å². The van der Waals surface area contributed by atoms with Crippen molar-refractivity contribution in [2.24, 2.45) is 5.73 Å². The van der Waals surface area contributed by atoms with E-state index < -0.39 is 5.54 Å². The van der Waals surface area contributed by atoms with Crippen molar-refractivity contribution in [1.29, 1.82) is 0 Å². The van der Waals surface area contributed by atoms with Crippen LogP contribution in [0.15, 0.2) is 36.5 Å². The molecule has 0 spiro atoms. The largest absolute Gasteiger partial charge is 0.493 e. The molecule has 0 radical (unpaired) electrons. The third-order valence-electron chi connectivity index (χ3n) is 3.53. The van der Waals surface area contributed by atoms with Gasteiger partial charge in [-0.05, 0) is 26.3 Å². The number of methoxy groups -OCH3 is 1. The van der Waals surface area contributed by atoms with E-state index in [9.17, 15) is 4.79 Å². The first kappa shape index (κ1) is 15.3. The van der Waals surface area contributed by atoms with Gasteiger partial charge in [0.15, 0.2) is 5.75 Å². The number of carbonyl (C=O) groups excluding carboxylic acids is 1. The van der Waals surface area contributed by atoms with Crippen molar-refractivity contribution in [3.63, 3.8) is 0 Å². The summed E-state index contributed by atoms with van der Waals surface area (Å²) in [5, 5.41) is 4.23. The monoisotopic (exact) mass is 287 g/mol. The van der Waals surface area contributed by atoms with Crippen LogP contribution in [-0.4, -0.2) is 22.7 Å². The molecule has 1 aromatic heterocycles. The highest BCUT2D eigenvalue weighted by Gasteiger charge is 2.36. The highest BCUT2D eigenvalue weighted by atomic mass is 16.5. The molecule has 1 unspecified atom stereocenters. The van der Waals surface area contributed by atoms with Crippen LogP contribution >= 0.6 is 0 Å². The molecule has 2 aromatic rings. The van der Waals surface area contributed by atoms with Crippen LogP contribution in [-0.2, 0) is 5.54 Å². The van der Waals surface area contributed by atoms with E-state index in [-0.39, 0.29) is 11.8 Å². The van der Waals surface area contributed by atoms with E-state index in [1.165, 1.54) is 7.11 Å². The molecule has 0 aliphatic heterocycles. The first-order chi connectivity index (χ1) is 9.89. The summed E-state index contributed by atoms with van der Waals surface area (Å²) in [5.74, 6) is 0.234. The number of carbonyl (C=O) groups is 1. The molecule has 112 valence electrons. The quantitative estimate of drug-likeness (QED) is 0.858. The molecule has 1 atom stereocenters. The summed E-state index contributed by atoms with van der Waals surface area (Å²) < 4.78 is 6.92. The molecule has 21 heavy (non-hydrogen) atoms. The SMILES string of the molecule is COc1cnn(C(C)C)c1C(=O)C(C)(N)c1ccccc1. The molecular formula is C16H21N3O2. The molecule has 5 nitrogen and oxygen atoms in total. The van der Waals surface area contributed by atoms with Crippen molar-refractivity contribution in [3.8, 4) is 5.75 Å². The summed E-state index contributed by atoms with van der Waals surface area (Å²) in [6, 6.07) is 9.36. The van der Waals surface area contributed by atoms with Crippen molar-refractivity contribution in [2.45, 2.75) is 32.4 Å². The number of Topliss-reactive ketones (excluding diaryl/α,β-unsaturated/α-hetero) is 1. The molecule has 1 aromatic carbocycles. The maximum atomic E-state index is 13.0. The van der Waals surface area contributed by atoms with Crippen molar-refractivity contribution in [3.05, 3.63) is 47.8 Å². The van der Waals surface area contributed by atoms with E-state index >= 15 is 0 Å². The summed E-state index contributed by atoms with van der Waals surface area (Å²) in [6.07, 6.45) is 1.55. The molecule has 0 bridgehead atoms. The predicted molar refractivity (Wildman–Crippen MR) is 81.5 cm³/mol. The molecule has 0 saturated carbocycles. The second kappa shape index (κ2) is 5.69. The number of hydrogen-bond acceptors (Lipinski definition) is 4. The number of nitrogens with two attached hydrogens (primary N) is 1. The number of ether oxygens (including phenoxy) is 1. The fourth-order valence-electron chi connectivity index (χ4n) is 2.26. The predicted octanol–water partition coefficient (Wildman–Crippen LogP) is 2.53. The van der Waals surface area contributed by atoms with Gasteiger partial charge < -0.3 is 10.5 Å². The Bertz CT molecular complexity index is 630. The first-order valence-electron chi connectivity index (χ1n) is 6.90. The van der Waals surface area contributed by atoms with Gasteiger partial charge in [-0.15, -0.1) is 0 Å². The van der Waals surface area contributed by atoms with E-state index in [1.54, 1.807) is 17.8 Å². The number of rotatable bonds is 5. The highest BCUT2D eigenvalue weighted by Crippen LogP contribution is 2.29. The molecule has 0 fully saturated rings. The lowest BCUT2D eigenvalue weighted by Gasteiger charge is -2.25. The van der Waals surface area contributed by atoms with Crippen LogP contribution in [0.3, 0.4) is 0 Å². The van der Waals surface area contributed by atoms with Gasteiger partial charge in [0.2, 0.25) is 5.78 Å². The molecule has 2 rings (SSSR count). The Balaban J connectivity index is 2.51. The number of ketones is 1. The fourth-order valence-corrected chi connectivity index (χ4v) is 2.26. The van der Waals surface area contributed by atoms with Gasteiger partial charge in [0.05, 0.1) is 13.3 Å². The zero-order valence-corrected chi connectivity index (χ0v) is 12.8. The van der Waals surface area contributed by atoms with Crippen LogP contribution in [0.25, 0.3) is 0 Å². The van der Waals surface area contributed by atoms with Crippen molar-refractivity contribution in [1.82, 2.24) is 9.78 Å². The summed E-state index contributed by atoms with van der Waals surface area (Å²) in [7, 11) is 1.52. The number of hydrogen-bond donors (Lipinski definition) is 1. The molecule has 0 aliphatic carbocycles. The number of nitrogens with zero attached hydrogens (tertiary/aromatic N) is 2. The van der Waals surface area contributed by atoms with Crippen LogP contribution < -0.4 is 10.5 Å². The van der Waals surface area contributed by atoms with Gasteiger partial charge in [-0.25, -0.2) is 0 Å². The average molecular weight is 287 g/mol. The van der Waals surface area contributed by atoms with Crippen LogP contribution in [0.1, 0.15) is 42.9 Å². The minimum absolute atomic E-state index is 0.0411. The van der Waals surface area contributed by atoms with Crippen LogP contribution in [0.4, 0.5) is 0 Å². The van der Waals surface area contributed by atoms with E-state index in [0.29, 0.717) is 11.4 Å². The Morgan fingerprint density at radius 2 is 1.95 bits per heavy atom. The minimum Gasteiger partial charge on any atom is -0.493 e. The zero-order chi connectivity index (χ0) is 15.6. The Morgan fingerprint density at radius 1 is 1.33 bits per heavy atom. The second-order valence-corrected chi connectivity index (χ2v) is 5.50. The molecule has 0 saturated heterocycles. The van der Waals surface area contributed by atoms with E-state index in [4.69, 9.17) is 10.5 Å². The van der Waals surface area contributed by atoms with Gasteiger partial charge in [-0.2, -0.15) is 5.10 Å². The molecule has 0 aliphatic rings. The molecule has 0 amide bonds. The van der Waals surface area contributed by atoms with Crippen molar-refractivity contribution >= 4 is 5.78 Å². The maximum Gasteiger partial charge on any atom is 0.208 e. The second-order valence-electron chi connectivity index (χ2n) is 5.50. The van der Waals surface area contributed by atoms with Gasteiger partial charge in [0.25, 0.3) is 0 Å². The Labute approximate surface area is 124 Å². The summed E-state index contributed by atoms with van der Waals surface area (Å²) in [6.45, 7) is 5.63. The van der Waals surface area contributed by atoms with Crippen LogP contribution in [0, 0.1) is 0 Å². The Morgan fingerprint density at radius 3 is 2.48 bits per heavy atom. The van der Waals surface area contributed by atoms with Crippen LogP contribution in [0.2, 0.25) is 0 Å². The van der Waals surface area contributed by atoms with E-state index in [0.717, 1.165) is 5.56 Å². The Hall–Kier alpha value is -2.14. The van der Waals surface area contributed by atoms with Gasteiger partial charge >= 0.3 is 0 Å². The Kier molecular flexibility index (Phi) is 4.14. The van der Waals surface area contributed by atoms with Gasteiger partial charge in [-0.1, -0.05) is 30.3 Å². The summed E-state index contributed by atoms with van der Waals surface area (Å²) in [5.41, 5.74) is 6.34. The molecule has 1 heterocycles. The molecular weight excluding hydrogens is 266 g/mol. The molecule has 2 N–H and O–H groups in total. The van der Waals surface area contributed by atoms with Gasteiger partial charge in [0.1, 0.15) is 11.2 Å². The van der Waals surface area contributed by atoms with Crippen molar-refractivity contribution in [2.75, 3.05) is 7.11 Å². The highest BCUT2D eigenvalue weighted by molar-refractivity contribution is 6.04. The fraction of sp³-hybridized carbons (Fsp3) is 0.375. The lowest BCUT2D eigenvalue weighted by Crippen LogP contribution is -2.43. The first-order valence-corrected chi connectivity index (χ1v) is 6.90.